The van der Waals surface area contributed by atoms with Gasteiger partial charge in [-0.25, -0.2) is 8.78 Å². The Morgan fingerprint density at radius 3 is 2.00 bits per heavy atom. The normalized spacial score (nSPS) is 11.0. The molecule has 1 N–H and O–H groups in total. The molecule has 0 bridgehead atoms. The van der Waals surface area contributed by atoms with Crippen molar-refractivity contribution in [3.63, 3.8) is 0 Å². The number of anilines is 1. The van der Waals surface area contributed by atoms with E-state index in [0.717, 1.165) is 16.7 Å². The third kappa shape index (κ3) is 2.69. The number of carbonyl (C=O) groups excluding carboxylic acids is 1. The maximum Gasteiger partial charge on any atom is 0.316 e. The molecule has 0 saturated carbocycles. The van der Waals surface area contributed by atoms with Gasteiger partial charge in [-0.15, -0.1) is 0 Å². The molecule has 0 aliphatic rings. The Hall–Kier alpha value is -3.29. The van der Waals surface area contributed by atoms with Crippen molar-refractivity contribution in [3.05, 3.63) is 73.8 Å². The van der Waals surface area contributed by atoms with Gasteiger partial charge in [0.1, 0.15) is 17.2 Å². The van der Waals surface area contributed by atoms with Crippen LogP contribution in [0.4, 0.5) is 14.5 Å². The molecule has 0 atom stereocenters. The van der Waals surface area contributed by atoms with E-state index in [1.165, 1.54) is 30.8 Å². The first-order valence-corrected chi connectivity index (χ1v) is 7.68. The van der Waals surface area contributed by atoms with E-state index in [9.17, 15) is 23.2 Å². The highest BCUT2D eigenvalue weighted by Gasteiger charge is 2.19. The number of carbonyl (C=O) groups is 1. The number of rotatable bonds is 2. The molecule has 1 heterocycles. The van der Waals surface area contributed by atoms with Crippen LogP contribution in [0, 0.1) is 18.6 Å². The fourth-order valence-electron chi connectivity index (χ4n) is 2.76. The molecular weight excluding hydrogens is 344 g/mol. The summed E-state index contributed by atoms with van der Waals surface area (Å²) in [5, 5.41) is 2.46. The molecule has 8 heteroatoms. The quantitative estimate of drug-likeness (QED) is 0.712. The van der Waals surface area contributed by atoms with Gasteiger partial charge in [0, 0.05) is 19.8 Å². The van der Waals surface area contributed by atoms with E-state index in [2.05, 4.69) is 5.32 Å². The van der Waals surface area contributed by atoms with E-state index < -0.39 is 34.2 Å². The maximum absolute atomic E-state index is 13.8. The van der Waals surface area contributed by atoms with Crippen LogP contribution in [0.1, 0.15) is 15.9 Å². The van der Waals surface area contributed by atoms with Crippen molar-refractivity contribution in [1.82, 2.24) is 9.13 Å². The summed E-state index contributed by atoms with van der Waals surface area (Å²) in [4.78, 5) is 36.2. The van der Waals surface area contributed by atoms with Crippen molar-refractivity contribution in [2.45, 2.75) is 6.92 Å². The van der Waals surface area contributed by atoms with Gasteiger partial charge in [-0.3, -0.25) is 14.4 Å². The smallest absolute Gasteiger partial charge is 0.316 e. The van der Waals surface area contributed by atoms with Crippen molar-refractivity contribution < 1.29 is 13.6 Å². The van der Waals surface area contributed by atoms with Crippen molar-refractivity contribution in [2.75, 3.05) is 5.32 Å². The Balaban J connectivity index is 2.15. The van der Waals surface area contributed by atoms with Gasteiger partial charge < -0.3 is 14.5 Å². The van der Waals surface area contributed by atoms with Crippen LogP contribution in [0.5, 0.6) is 0 Å². The standard InChI is InChI=1S/C18H15F2N3O3/c1-9-7-13-14(23(3)18(26)17(25)22(13)2)8-12(9)21-16(24)15-10(19)5-4-6-11(15)20/h4-8H,1-3H3,(H,21,24). The summed E-state index contributed by atoms with van der Waals surface area (Å²) >= 11 is 0. The van der Waals surface area contributed by atoms with Gasteiger partial charge in [0.05, 0.1) is 11.0 Å². The van der Waals surface area contributed by atoms with Crippen LogP contribution in [-0.2, 0) is 14.1 Å². The fourth-order valence-corrected chi connectivity index (χ4v) is 2.76. The van der Waals surface area contributed by atoms with E-state index in [-0.39, 0.29) is 5.69 Å². The molecule has 0 unspecified atom stereocenters. The van der Waals surface area contributed by atoms with Gasteiger partial charge in [0.2, 0.25) is 0 Å². The summed E-state index contributed by atoms with van der Waals surface area (Å²) in [5.41, 5.74) is -0.362. The van der Waals surface area contributed by atoms with E-state index in [1.54, 1.807) is 13.0 Å². The van der Waals surface area contributed by atoms with Gasteiger partial charge in [-0.05, 0) is 36.8 Å². The zero-order chi connectivity index (χ0) is 19.2. The lowest BCUT2D eigenvalue weighted by atomic mass is 10.1. The second kappa shape index (κ2) is 6.21. The first-order valence-electron chi connectivity index (χ1n) is 7.68. The maximum atomic E-state index is 13.8. The van der Waals surface area contributed by atoms with E-state index >= 15 is 0 Å². The Bertz CT molecular complexity index is 1160. The average Bonchev–Trinajstić information content (AvgIpc) is 2.59. The molecule has 0 aliphatic carbocycles. The zero-order valence-electron chi connectivity index (χ0n) is 14.3. The van der Waals surface area contributed by atoms with E-state index in [0.29, 0.717) is 16.6 Å². The molecule has 0 fully saturated rings. The topological polar surface area (TPSA) is 73.1 Å². The minimum absolute atomic E-state index is 0.277. The highest BCUT2D eigenvalue weighted by atomic mass is 19.1. The van der Waals surface area contributed by atoms with Gasteiger partial charge in [0.15, 0.2) is 0 Å². The van der Waals surface area contributed by atoms with Gasteiger partial charge in [-0.2, -0.15) is 0 Å². The Labute approximate surface area is 146 Å². The molecule has 2 aromatic carbocycles. The summed E-state index contributed by atoms with van der Waals surface area (Å²) in [6, 6.07) is 6.25. The average molecular weight is 359 g/mol. The molecule has 0 spiro atoms. The monoisotopic (exact) mass is 359 g/mol. The highest BCUT2D eigenvalue weighted by molar-refractivity contribution is 6.05. The molecule has 1 amide bonds. The van der Waals surface area contributed by atoms with Gasteiger partial charge in [-0.1, -0.05) is 6.07 Å². The number of hydrogen-bond acceptors (Lipinski definition) is 3. The summed E-state index contributed by atoms with van der Waals surface area (Å²) < 4.78 is 30.0. The SMILES string of the molecule is Cc1cc2c(cc1NC(=O)c1c(F)cccc1F)n(C)c(=O)c(=O)n2C. The van der Waals surface area contributed by atoms with Crippen LogP contribution in [0.3, 0.4) is 0 Å². The number of benzene rings is 2. The first-order chi connectivity index (χ1) is 12.2. The van der Waals surface area contributed by atoms with Crippen LogP contribution in [-0.4, -0.2) is 15.0 Å². The predicted molar refractivity (Wildman–Crippen MR) is 93.5 cm³/mol. The van der Waals surface area contributed by atoms with Crippen LogP contribution in [0.2, 0.25) is 0 Å². The predicted octanol–water partition coefficient (Wildman–Crippen LogP) is 2.08. The minimum Gasteiger partial charge on any atom is -0.321 e. The third-order valence-electron chi connectivity index (χ3n) is 4.27. The number of aromatic nitrogens is 2. The van der Waals surface area contributed by atoms with Gasteiger partial charge in [0.25, 0.3) is 5.91 Å². The van der Waals surface area contributed by atoms with Crippen LogP contribution < -0.4 is 16.4 Å². The van der Waals surface area contributed by atoms with Gasteiger partial charge >= 0.3 is 11.1 Å². The van der Waals surface area contributed by atoms with Crippen molar-refractivity contribution in [2.24, 2.45) is 14.1 Å². The summed E-state index contributed by atoms with van der Waals surface area (Å²) in [6.07, 6.45) is 0. The molecule has 3 aromatic rings. The van der Waals surface area contributed by atoms with Crippen molar-refractivity contribution in [1.29, 1.82) is 0 Å². The second-order valence-electron chi connectivity index (χ2n) is 5.93. The van der Waals surface area contributed by atoms with Crippen molar-refractivity contribution >= 4 is 22.6 Å². The number of amides is 1. The van der Waals surface area contributed by atoms with Crippen LogP contribution in [0.25, 0.3) is 11.0 Å². The fraction of sp³-hybridized carbons (Fsp3) is 0.167. The van der Waals surface area contributed by atoms with E-state index in [1.807, 2.05) is 0 Å². The Morgan fingerprint density at radius 2 is 1.46 bits per heavy atom. The number of halogens is 2. The summed E-state index contributed by atoms with van der Waals surface area (Å²) in [6.45, 7) is 1.67. The number of fused-ring (bicyclic) bond motifs is 1. The lowest BCUT2D eigenvalue weighted by Gasteiger charge is -2.14. The highest BCUT2D eigenvalue weighted by Crippen LogP contribution is 2.23. The molecule has 0 saturated heterocycles. The number of hydrogen-bond donors (Lipinski definition) is 1. The second-order valence-corrected chi connectivity index (χ2v) is 5.93. The zero-order valence-corrected chi connectivity index (χ0v) is 14.3. The molecule has 134 valence electrons. The molecule has 0 radical (unpaired) electrons. The van der Waals surface area contributed by atoms with Crippen molar-refractivity contribution in [3.8, 4) is 0 Å². The Kier molecular flexibility index (Phi) is 4.19. The number of aryl methyl sites for hydroxylation is 3. The van der Waals surface area contributed by atoms with Crippen LogP contribution in [0.15, 0.2) is 39.9 Å². The third-order valence-corrected chi connectivity index (χ3v) is 4.27. The number of nitrogens with zero attached hydrogens (tertiary/aromatic N) is 2. The molecule has 0 aliphatic heterocycles. The lowest BCUT2D eigenvalue weighted by molar-refractivity contribution is 0.101. The lowest BCUT2D eigenvalue weighted by Crippen LogP contribution is -2.39. The van der Waals surface area contributed by atoms with E-state index in [4.69, 9.17) is 0 Å². The molecule has 1 aromatic heterocycles. The summed E-state index contributed by atoms with van der Waals surface area (Å²) in [5.74, 6) is -2.90. The molecule has 26 heavy (non-hydrogen) atoms. The van der Waals surface area contributed by atoms with Crippen LogP contribution >= 0.6 is 0 Å². The largest absolute Gasteiger partial charge is 0.321 e. The number of nitrogens with one attached hydrogen (secondary N) is 1. The minimum atomic E-state index is -0.976. The Morgan fingerprint density at radius 1 is 0.962 bits per heavy atom. The molecule has 6 nitrogen and oxygen atoms in total. The molecule has 3 rings (SSSR count). The first kappa shape index (κ1) is 17.5. The summed E-state index contributed by atoms with van der Waals surface area (Å²) in [7, 11) is 2.90. The molecular formula is C18H15F2N3O3.